The molecule has 0 aliphatic carbocycles. The number of rotatable bonds is 5. The standard InChI is InChI=1S/C20H24N2O/c1-14-5-3-4-6-19(14)15(2)9-20(23)22-11-16-7-8-17-12-21-13-18(17)10-16/h3-8,10,15,21H,9,11-13H2,1-2H3,(H,22,23). The van der Waals surface area contributed by atoms with E-state index in [4.69, 9.17) is 0 Å². The van der Waals surface area contributed by atoms with Gasteiger partial charge in [0.15, 0.2) is 0 Å². The second kappa shape index (κ2) is 6.97. The maximum atomic E-state index is 12.2. The fourth-order valence-corrected chi connectivity index (χ4v) is 3.26. The molecule has 120 valence electrons. The number of amides is 1. The lowest BCUT2D eigenvalue weighted by Crippen LogP contribution is -2.24. The molecule has 2 N–H and O–H groups in total. The lowest BCUT2D eigenvalue weighted by molar-refractivity contribution is -0.121. The molecule has 3 heteroatoms. The van der Waals surface area contributed by atoms with Crippen molar-refractivity contribution in [2.45, 2.75) is 45.8 Å². The normalized spacial score (nSPS) is 14.3. The lowest BCUT2D eigenvalue weighted by atomic mass is 9.93. The highest BCUT2D eigenvalue weighted by Gasteiger charge is 2.14. The number of aryl methyl sites for hydroxylation is 1. The van der Waals surface area contributed by atoms with E-state index in [0.29, 0.717) is 13.0 Å². The molecule has 0 bridgehead atoms. The summed E-state index contributed by atoms with van der Waals surface area (Å²) < 4.78 is 0. The van der Waals surface area contributed by atoms with Gasteiger partial charge in [-0.15, -0.1) is 0 Å². The quantitative estimate of drug-likeness (QED) is 0.889. The van der Waals surface area contributed by atoms with E-state index in [0.717, 1.165) is 13.1 Å². The highest BCUT2D eigenvalue weighted by molar-refractivity contribution is 5.76. The van der Waals surface area contributed by atoms with E-state index in [1.807, 2.05) is 12.1 Å². The number of hydrogen-bond donors (Lipinski definition) is 2. The van der Waals surface area contributed by atoms with Crippen molar-refractivity contribution < 1.29 is 4.79 Å². The van der Waals surface area contributed by atoms with Gasteiger partial charge in [-0.2, -0.15) is 0 Å². The molecule has 1 aliphatic rings. The van der Waals surface area contributed by atoms with Crippen molar-refractivity contribution >= 4 is 5.91 Å². The van der Waals surface area contributed by atoms with Crippen molar-refractivity contribution in [3.8, 4) is 0 Å². The lowest BCUT2D eigenvalue weighted by Gasteiger charge is -2.14. The Bertz CT molecular complexity index is 709. The average molecular weight is 308 g/mol. The molecular weight excluding hydrogens is 284 g/mol. The number of nitrogens with one attached hydrogen (secondary N) is 2. The van der Waals surface area contributed by atoms with Crippen LogP contribution in [0.3, 0.4) is 0 Å². The smallest absolute Gasteiger partial charge is 0.220 e. The fourth-order valence-electron chi connectivity index (χ4n) is 3.26. The molecule has 2 aromatic rings. The minimum Gasteiger partial charge on any atom is -0.352 e. The summed E-state index contributed by atoms with van der Waals surface area (Å²) in [7, 11) is 0. The second-order valence-electron chi connectivity index (χ2n) is 6.45. The molecule has 1 amide bonds. The Labute approximate surface area is 138 Å². The van der Waals surface area contributed by atoms with Crippen LogP contribution in [0.1, 0.15) is 47.1 Å². The average Bonchev–Trinajstić information content (AvgIpc) is 3.01. The number of carbonyl (C=O) groups excluding carboxylic acids is 1. The molecular formula is C20H24N2O. The second-order valence-corrected chi connectivity index (χ2v) is 6.45. The topological polar surface area (TPSA) is 41.1 Å². The van der Waals surface area contributed by atoms with E-state index in [1.165, 1.54) is 27.8 Å². The molecule has 0 saturated heterocycles. The first-order valence-electron chi connectivity index (χ1n) is 8.27. The summed E-state index contributed by atoms with van der Waals surface area (Å²) in [5.41, 5.74) is 6.40. The minimum atomic E-state index is 0.111. The van der Waals surface area contributed by atoms with Crippen molar-refractivity contribution in [3.63, 3.8) is 0 Å². The first kappa shape index (κ1) is 15.8. The minimum absolute atomic E-state index is 0.111. The third kappa shape index (κ3) is 3.80. The zero-order valence-corrected chi connectivity index (χ0v) is 13.9. The summed E-state index contributed by atoms with van der Waals surface area (Å²) in [6.07, 6.45) is 0.525. The predicted octanol–water partition coefficient (Wildman–Crippen LogP) is 3.41. The van der Waals surface area contributed by atoms with Gasteiger partial charge in [0.2, 0.25) is 5.91 Å². The first-order valence-corrected chi connectivity index (χ1v) is 8.27. The van der Waals surface area contributed by atoms with E-state index in [-0.39, 0.29) is 11.8 Å². The number of carbonyl (C=O) groups is 1. The Balaban J connectivity index is 1.54. The Morgan fingerprint density at radius 3 is 2.78 bits per heavy atom. The Morgan fingerprint density at radius 1 is 1.17 bits per heavy atom. The van der Waals surface area contributed by atoms with Gasteiger partial charge in [-0.05, 0) is 40.7 Å². The van der Waals surface area contributed by atoms with Gasteiger partial charge < -0.3 is 10.6 Å². The summed E-state index contributed by atoms with van der Waals surface area (Å²) in [6, 6.07) is 14.7. The Morgan fingerprint density at radius 2 is 1.96 bits per heavy atom. The summed E-state index contributed by atoms with van der Waals surface area (Å²) in [6.45, 7) is 6.70. The molecule has 1 aliphatic heterocycles. The summed E-state index contributed by atoms with van der Waals surface area (Å²) in [4.78, 5) is 12.2. The summed E-state index contributed by atoms with van der Waals surface area (Å²) >= 11 is 0. The fraction of sp³-hybridized carbons (Fsp3) is 0.350. The van der Waals surface area contributed by atoms with E-state index >= 15 is 0 Å². The van der Waals surface area contributed by atoms with E-state index in [2.05, 4.69) is 54.8 Å². The highest BCUT2D eigenvalue weighted by Crippen LogP contribution is 2.22. The van der Waals surface area contributed by atoms with E-state index in [9.17, 15) is 4.79 Å². The maximum absolute atomic E-state index is 12.2. The zero-order chi connectivity index (χ0) is 16.2. The van der Waals surface area contributed by atoms with Gasteiger partial charge in [-0.3, -0.25) is 4.79 Å². The van der Waals surface area contributed by atoms with Gasteiger partial charge in [0.05, 0.1) is 0 Å². The summed E-state index contributed by atoms with van der Waals surface area (Å²) in [5, 5.41) is 6.39. The third-order valence-corrected chi connectivity index (χ3v) is 4.60. The van der Waals surface area contributed by atoms with Gasteiger partial charge in [0.25, 0.3) is 0 Å². The van der Waals surface area contributed by atoms with Crippen LogP contribution in [-0.4, -0.2) is 5.91 Å². The van der Waals surface area contributed by atoms with Gasteiger partial charge in [0, 0.05) is 26.1 Å². The van der Waals surface area contributed by atoms with Gasteiger partial charge >= 0.3 is 0 Å². The van der Waals surface area contributed by atoms with Crippen LogP contribution in [0.5, 0.6) is 0 Å². The molecule has 1 atom stereocenters. The molecule has 1 unspecified atom stereocenters. The maximum Gasteiger partial charge on any atom is 0.220 e. The molecule has 23 heavy (non-hydrogen) atoms. The molecule has 0 radical (unpaired) electrons. The third-order valence-electron chi connectivity index (χ3n) is 4.60. The van der Waals surface area contributed by atoms with Crippen LogP contribution in [0.25, 0.3) is 0 Å². The Hall–Kier alpha value is -2.13. The zero-order valence-electron chi connectivity index (χ0n) is 13.9. The molecule has 2 aromatic carbocycles. The molecule has 1 heterocycles. The van der Waals surface area contributed by atoms with Crippen molar-refractivity contribution in [2.75, 3.05) is 0 Å². The van der Waals surface area contributed by atoms with Gasteiger partial charge in [0.1, 0.15) is 0 Å². The van der Waals surface area contributed by atoms with Crippen LogP contribution < -0.4 is 10.6 Å². The van der Waals surface area contributed by atoms with Crippen LogP contribution in [-0.2, 0) is 24.4 Å². The SMILES string of the molecule is Cc1ccccc1C(C)CC(=O)NCc1ccc2c(c1)CNC2. The van der Waals surface area contributed by atoms with Gasteiger partial charge in [-0.1, -0.05) is 49.4 Å². The van der Waals surface area contributed by atoms with Crippen LogP contribution in [0.15, 0.2) is 42.5 Å². The number of hydrogen-bond acceptors (Lipinski definition) is 2. The molecule has 0 spiro atoms. The summed E-state index contributed by atoms with van der Waals surface area (Å²) in [5.74, 6) is 0.347. The van der Waals surface area contributed by atoms with Crippen LogP contribution in [0.4, 0.5) is 0 Å². The Kier molecular flexibility index (Phi) is 4.77. The molecule has 3 rings (SSSR count). The van der Waals surface area contributed by atoms with E-state index < -0.39 is 0 Å². The van der Waals surface area contributed by atoms with Crippen LogP contribution in [0.2, 0.25) is 0 Å². The number of fused-ring (bicyclic) bond motifs is 1. The van der Waals surface area contributed by atoms with Crippen molar-refractivity contribution in [3.05, 3.63) is 70.3 Å². The van der Waals surface area contributed by atoms with Crippen LogP contribution in [0, 0.1) is 6.92 Å². The van der Waals surface area contributed by atoms with E-state index in [1.54, 1.807) is 0 Å². The van der Waals surface area contributed by atoms with Crippen LogP contribution >= 0.6 is 0 Å². The van der Waals surface area contributed by atoms with Crippen molar-refractivity contribution in [1.82, 2.24) is 10.6 Å². The molecule has 0 aromatic heterocycles. The number of benzene rings is 2. The highest BCUT2D eigenvalue weighted by atomic mass is 16.1. The predicted molar refractivity (Wildman–Crippen MR) is 93.0 cm³/mol. The monoisotopic (exact) mass is 308 g/mol. The first-order chi connectivity index (χ1) is 11.1. The van der Waals surface area contributed by atoms with Crippen molar-refractivity contribution in [1.29, 1.82) is 0 Å². The molecule has 3 nitrogen and oxygen atoms in total. The largest absolute Gasteiger partial charge is 0.352 e. The van der Waals surface area contributed by atoms with Crippen molar-refractivity contribution in [2.24, 2.45) is 0 Å². The molecule has 0 fully saturated rings. The van der Waals surface area contributed by atoms with Gasteiger partial charge in [-0.25, -0.2) is 0 Å². The molecule has 0 saturated carbocycles.